The van der Waals surface area contributed by atoms with E-state index in [4.69, 9.17) is 23.2 Å². The van der Waals surface area contributed by atoms with E-state index in [2.05, 4.69) is 5.32 Å². The van der Waals surface area contributed by atoms with Crippen LogP contribution in [0.3, 0.4) is 0 Å². The van der Waals surface area contributed by atoms with Gasteiger partial charge in [0.25, 0.3) is 5.91 Å². The average Bonchev–Trinajstić information content (AvgIpc) is 2.40. The lowest BCUT2D eigenvalue weighted by Gasteiger charge is -2.08. The first-order valence-electron chi connectivity index (χ1n) is 5.54. The molecule has 98 valence electrons. The van der Waals surface area contributed by atoms with Gasteiger partial charge in [-0.2, -0.15) is 0 Å². The molecule has 0 saturated carbocycles. The normalized spacial score (nSPS) is 10.3. The molecule has 0 saturated heterocycles. The van der Waals surface area contributed by atoms with Gasteiger partial charge in [0.1, 0.15) is 5.82 Å². The summed E-state index contributed by atoms with van der Waals surface area (Å²) in [5.74, 6) is -0.754. The predicted molar refractivity (Wildman–Crippen MR) is 74.0 cm³/mol. The molecule has 1 N–H and O–H groups in total. The summed E-state index contributed by atoms with van der Waals surface area (Å²) in [4.78, 5) is 11.9. The molecule has 0 fully saturated rings. The maximum atomic E-state index is 13.4. The van der Waals surface area contributed by atoms with Gasteiger partial charge in [-0.3, -0.25) is 4.79 Å². The zero-order valence-corrected chi connectivity index (χ0v) is 11.3. The minimum Gasteiger partial charge on any atom is -0.348 e. The highest BCUT2D eigenvalue weighted by Crippen LogP contribution is 2.20. The van der Waals surface area contributed by atoms with E-state index < -0.39 is 5.91 Å². The lowest BCUT2D eigenvalue weighted by Crippen LogP contribution is -2.23. The highest BCUT2D eigenvalue weighted by Gasteiger charge is 2.11. The van der Waals surface area contributed by atoms with Gasteiger partial charge in [-0.05, 0) is 24.3 Å². The average molecular weight is 298 g/mol. The molecule has 0 heterocycles. The fourth-order valence-corrected chi connectivity index (χ4v) is 1.96. The molecular weight excluding hydrogens is 288 g/mol. The summed E-state index contributed by atoms with van der Waals surface area (Å²) < 4.78 is 13.4. The van der Waals surface area contributed by atoms with E-state index in [0.717, 1.165) is 0 Å². The van der Waals surface area contributed by atoms with Crippen molar-refractivity contribution >= 4 is 29.1 Å². The molecule has 0 radical (unpaired) electrons. The van der Waals surface area contributed by atoms with Crippen LogP contribution in [0.4, 0.5) is 4.39 Å². The lowest BCUT2D eigenvalue weighted by atomic mass is 10.2. The van der Waals surface area contributed by atoms with Gasteiger partial charge in [-0.1, -0.05) is 41.4 Å². The van der Waals surface area contributed by atoms with Crippen molar-refractivity contribution in [3.63, 3.8) is 0 Å². The van der Waals surface area contributed by atoms with Crippen molar-refractivity contribution in [3.05, 3.63) is 69.5 Å². The van der Waals surface area contributed by atoms with Crippen molar-refractivity contribution in [2.75, 3.05) is 0 Å². The molecule has 2 rings (SSSR count). The van der Waals surface area contributed by atoms with Gasteiger partial charge < -0.3 is 5.32 Å². The number of benzene rings is 2. The van der Waals surface area contributed by atoms with E-state index in [1.807, 2.05) is 0 Å². The van der Waals surface area contributed by atoms with E-state index >= 15 is 0 Å². The monoisotopic (exact) mass is 297 g/mol. The van der Waals surface area contributed by atoms with Crippen molar-refractivity contribution in [2.24, 2.45) is 0 Å². The fourth-order valence-electron chi connectivity index (χ4n) is 1.58. The summed E-state index contributed by atoms with van der Waals surface area (Å²) in [6.07, 6.45) is 0. The fraction of sp³-hybridized carbons (Fsp3) is 0.0714. The summed E-state index contributed by atoms with van der Waals surface area (Å²) in [6, 6.07) is 10.9. The Morgan fingerprint density at radius 3 is 2.63 bits per heavy atom. The van der Waals surface area contributed by atoms with Gasteiger partial charge in [0.05, 0.1) is 10.6 Å². The standard InChI is InChI=1S/C14H10Cl2FNO/c15-10-5-6-12(16)11(7-10)14(19)18-8-9-3-1-2-4-13(9)17/h1-7H,8H2,(H,18,19). The second-order valence-electron chi connectivity index (χ2n) is 3.90. The molecule has 0 bridgehead atoms. The molecule has 0 aliphatic carbocycles. The Morgan fingerprint density at radius 2 is 1.89 bits per heavy atom. The van der Waals surface area contributed by atoms with Gasteiger partial charge in [0, 0.05) is 17.1 Å². The van der Waals surface area contributed by atoms with Crippen LogP contribution >= 0.6 is 23.2 Å². The first-order chi connectivity index (χ1) is 9.08. The Hall–Kier alpha value is -1.58. The van der Waals surface area contributed by atoms with Gasteiger partial charge in [0.15, 0.2) is 0 Å². The van der Waals surface area contributed by atoms with Crippen LogP contribution < -0.4 is 5.32 Å². The van der Waals surface area contributed by atoms with Crippen molar-refractivity contribution in [2.45, 2.75) is 6.54 Å². The van der Waals surface area contributed by atoms with Gasteiger partial charge in [0.2, 0.25) is 0 Å². The Bertz CT molecular complexity index is 616. The van der Waals surface area contributed by atoms with E-state index in [1.54, 1.807) is 30.3 Å². The smallest absolute Gasteiger partial charge is 0.253 e. The van der Waals surface area contributed by atoms with Crippen molar-refractivity contribution in [1.82, 2.24) is 5.32 Å². The van der Waals surface area contributed by atoms with Crippen molar-refractivity contribution < 1.29 is 9.18 Å². The maximum absolute atomic E-state index is 13.4. The van der Waals surface area contributed by atoms with E-state index in [0.29, 0.717) is 15.6 Å². The topological polar surface area (TPSA) is 29.1 Å². The second-order valence-corrected chi connectivity index (χ2v) is 4.74. The van der Waals surface area contributed by atoms with Crippen LogP contribution in [-0.4, -0.2) is 5.91 Å². The molecule has 5 heteroatoms. The van der Waals surface area contributed by atoms with Crippen LogP contribution in [-0.2, 0) is 6.54 Å². The number of rotatable bonds is 3. The minimum absolute atomic E-state index is 0.0916. The van der Waals surface area contributed by atoms with E-state index in [-0.39, 0.29) is 17.9 Å². The minimum atomic E-state index is -0.393. The van der Waals surface area contributed by atoms with Crippen LogP contribution in [0.15, 0.2) is 42.5 Å². The molecule has 1 amide bonds. The summed E-state index contributed by atoms with van der Waals surface area (Å²) in [5.41, 5.74) is 0.680. The molecular formula is C14H10Cl2FNO. The Morgan fingerprint density at radius 1 is 1.16 bits per heavy atom. The molecule has 0 aliphatic rings. The second kappa shape index (κ2) is 6.04. The molecule has 0 spiro atoms. The Balaban J connectivity index is 2.10. The highest BCUT2D eigenvalue weighted by molar-refractivity contribution is 6.35. The maximum Gasteiger partial charge on any atom is 0.253 e. The van der Waals surface area contributed by atoms with Crippen LogP contribution in [0, 0.1) is 5.82 Å². The molecule has 2 aromatic carbocycles. The molecule has 2 aromatic rings. The number of carbonyl (C=O) groups excluding carboxylic acids is 1. The SMILES string of the molecule is O=C(NCc1ccccc1F)c1cc(Cl)ccc1Cl. The van der Waals surface area contributed by atoms with Crippen LogP contribution in [0.5, 0.6) is 0 Å². The van der Waals surface area contributed by atoms with E-state index in [9.17, 15) is 9.18 Å². The largest absolute Gasteiger partial charge is 0.348 e. The summed E-state index contributed by atoms with van der Waals surface area (Å²) in [5, 5.41) is 3.32. The van der Waals surface area contributed by atoms with Crippen LogP contribution in [0.1, 0.15) is 15.9 Å². The first-order valence-corrected chi connectivity index (χ1v) is 6.30. The Kier molecular flexibility index (Phi) is 4.40. The number of amides is 1. The number of carbonyl (C=O) groups is 1. The summed E-state index contributed by atoms with van der Waals surface area (Å²) in [7, 11) is 0. The quantitative estimate of drug-likeness (QED) is 0.909. The zero-order valence-electron chi connectivity index (χ0n) is 9.79. The highest BCUT2D eigenvalue weighted by atomic mass is 35.5. The molecule has 19 heavy (non-hydrogen) atoms. The third kappa shape index (κ3) is 3.46. The van der Waals surface area contributed by atoms with Crippen LogP contribution in [0.2, 0.25) is 10.0 Å². The first kappa shape index (κ1) is 13.8. The van der Waals surface area contributed by atoms with Gasteiger partial charge >= 0.3 is 0 Å². The van der Waals surface area contributed by atoms with Gasteiger partial charge in [-0.25, -0.2) is 4.39 Å². The molecule has 0 aliphatic heterocycles. The zero-order chi connectivity index (χ0) is 13.8. The predicted octanol–water partition coefficient (Wildman–Crippen LogP) is 4.06. The number of hydrogen-bond acceptors (Lipinski definition) is 1. The molecule has 0 aromatic heterocycles. The summed E-state index contributed by atoms with van der Waals surface area (Å²) >= 11 is 11.7. The van der Waals surface area contributed by atoms with E-state index in [1.165, 1.54) is 12.1 Å². The number of halogens is 3. The third-order valence-corrected chi connectivity index (χ3v) is 3.13. The number of nitrogens with one attached hydrogen (secondary N) is 1. The molecule has 0 unspecified atom stereocenters. The Labute approximate surface area is 120 Å². The third-order valence-electron chi connectivity index (χ3n) is 2.57. The van der Waals surface area contributed by atoms with Gasteiger partial charge in [-0.15, -0.1) is 0 Å². The molecule has 2 nitrogen and oxygen atoms in total. The summed E-state index contributed by atoms with van der Waals surface area (Å²) in [6.45, 7) is 0.0916. The molecule has 0 atom stereocenters. The van der Waals surface area contributed by atoms with Crippen molar-refractivity contribution in [1.29, 1.82) is 0 Å². The number of hydrogen-bond donors (Lipinski definition) is 1. The van der Waals surface area contributed by atoms with Crippen LogP contribution in [0.25, 0.3) is 0 Å². The van der Waals surface area contributed by atoms with Crippen molar-refractivity contribution in [3.8, 4) is 0 Å². The lowest BCUT2D eigenvalue weighted by molar-refractivity contribution is 0.0951.